The molecule has 0 radical (unpaired) electrons. The smallest absolute Gasteiger partial charge is 0.272 e. The summed E-state index contributed by atoms with van der Waals surface area (Å²) >= 11 is 0. The third-order valence-electron chi connectivity index (χ3n) is 3.37. The molecule has 2 rings (SSSR count). The van der Waals surface area contributed by atoms with Crippen molar-refractivity contribution >= 4 is 5.91 Å². The lowest BCUT2D eigenvalue weighted by atomic mass is 9.92. The summed E-state index contributed by atoms with van der Waals surface area (Å²) in [6.07, 6.45) is 3.80. The zero-order chi connectivity index (χ0) is 12.3. The molecule has 2 atom stereocenters. The molecule has 2 unspecified atom stereocenters. The van der Waals surface area contributed by atoms with Crippen molar-refractivity contribution in [3.8, 4) is 0 Å². The lowest BCUT2D eigenvalue weighted by Gasteiger charge is -2.34. The van der Waals surface area contributed by atoms with Crippen LogP contribution in [-0.2, 0) is 0 Å². The van der Waals surface area contributed by atoms with Gasteiger partial charge in [0.05, 0.1) is 0 Å². The van der Waals surface area contributed by atoms with E-state index in [2.05, 4.69) is 4.98 Å². The Kier molecular flexibility index (Phi) is 3.74. The Labute approximate surface area is 102 Å². The van der Waals surface area contributed by atoms with Crippen molar-refractivity contribution < 1.29 is 4.79 Å². The minimum Gasteiger partial charge on any atom is -0.337 e. The molecule has 0 aromatic carbocycles. The predicted octanol–water partition coefficient (Wildman–Crippen LogP) is 1.28. The number of hydrogen-bond donors (Lipinski definition) is 1. The van der Waals surface area contributed by atoms with Gasteiger partial charge in [0, 0.05) is 25.3 Å². The van der Waals surface area contributed by atoms with E-state index in [0.717, 1.165) is 25.9 Å². The number of hydrogen-bond acceptors (Lipinski definition) is 3. The Balaban J connectivity index is 2.05. The zero-order valence-corrected chi connectivity index (χ0v) is 10.2. The van der Waals surface area contributed by atoms with Crippen LogP contribution in [0.3, 0.4) is 0 Å². The van der Waals surface area contributed by atoms with E-state index in [0.29, 0.717) is 11.6 Å². The van der Waals surface area contributed by atoms with Crippen molar-refractivity contribution in [1.82, 2.24) is 9.88 Å². The molecule has 17 heavy (non-hydrogen) atoms. The first-order valence-electron chi connectivity index (χ1n) is 6.14. The number of amides is 1. The van der Waals surface area contributed by atoms with E-state index in [4.69, 9.17) is 5.73 Å². The summed E-state index contributed by atoms with van der Waals surface area (Å²) in [6.45, 7) is 3.59. The maximum atomic E-state index is 12.2. The van der Waals surface area contributed by atoms with Gasteiger partial charge in [0.25, 0.3) is 5.91 Å². The molecule has 0 bridgehead atoms. The molecule has 0 aliphatic carbocycles. The van der Waals surface area contributed by atoms with Crippen LogP contribution >= 0.6 is 0 Å². The summed E-state index contributed by atoms with van der Waals surface area (Å²) in [5.41, 5.74) is 6.44. The number of nitrogens with two attached hydrogens (primary N) is 1. The van der Waals surface area contributed by atoms with Gasteiger partial charge in [-0.15, -0.1) is 0 Å². The Morgan fingerprint density at radius 1 is 1.59 bits per heavy atom. The number of rotatable bonds is 2. The first kappa shape index (κ1) is 12.0. The average Bonchev–Trinajstić information content (AvgIpc) is 2.39. The fourth-order valence-corrected chi connectivity index (χ4v) is 2.27. The molecule has 2 N–H and O–H groups in total. The van der Waals surface area contributed by atoms with Crippen LogP contribution in [0.25, 0.3) is 0 Å². The summed E-state index contributed by atoms with van der Waals surface area (Å²) < 4.78 is 0. The number of carbonyl (C=O) groups excluding carboxylic acids is 1. The molecule has 0 spiro atoms. The van der Waals surface area contributed by atoms with Gasteiger partial charge in [-0.05, 0) is 37.8 Å². The van der Waals surface area contributed by atoms with Crippen LogP contribution in [0.15, 0.2) is 24.4 Å². The van der Waals surface area contributed by atoms with Crippen LogP contribution in [0.1, 0.15) is 30.3 Å². The second kappa shape index (κ2) is 5.27. The highest BCUT2D eigenvalue weighted by Gasteiger charge is 2.26. The van der Waals surface area contributed by atoms with Gasteiger partial charge in [0.15, 0.2) is 0 Å². The highest BCUT2D eigenvalue weighted by Crippen LogP contribution is 2.19. The summed E-state index contributed by atoms with van der Waals surface area (Å²) in [5.74, 6) is 0.437. The van der Waals surface area contributed by atoms with E-state index >= 15 is 0 Å². The molecular formula is C13H19N3O. The fraction of sp³-hybridized carbons (Fsp3) is 0.538. The molecule has 1 aromatic rings. The SMILES string of the molecule is CC(N)C1CCCN(C(=O)c2ccccn2)C1. The summed E-state index contributed by atoms with van der Waals surface area (Å²) in [6, 6.07) is 5.57. The number of aromatic nitrogens is 1. The van der Waals surface area contributed by atoms with Crippen LogP contribution < -0.4 is 5.73 Å². The van der Waals surface area contributed by atoms with Gasteiger partial charge in [0.1, 0.15) is 5.69 Å². The van der Waals surface area contributed by atoms with Crippen LogP contribution in [0.2, 0.25) is 0 Å². The molecule has 1 aromatic heterocycles. The number of piperidine rings is 1. The second-order valence-corrected chi connectivity index (χ2v) is 4.73. The fourth-order valence-electron chi connectivity index (χ4n) is 2.27. The lowest BCUT2D eigenvalue weighted by Crippen LogP contribution is -2.45. The molecule has 1 saturated heterocycles. The van der Waals surface area contributed by atoms with Gasteiger partial charge >= 0.3 is 0 Å². The minimum atomic E-state index is 0.0240. The van der Waals surface area contributed by atoms with Gasteiger partial charge in [-0.1, -0.05) is 6.07 Å². The highest BCUT2D eigenvalue weighted by atomic mass is 16.2. The minimum absolute atomic E-state index is 0.0240. The molecule has 4 heteroatoms. The number of pyridine rings is 1. The quantitative estimate of drug-likeness (QED) is 0.837. The summed E-state index contributed by atoms with van der Waals surface area (Å²) in [5, 5.41) is 0. The third-order valence-corrected chi connectivity index (χ3v) is 3.37. The normalized spacial score (nSPS) is 22.2. The van der Waals surface area contributed by atoms with Crippen molar-refractivity contribution in [3.05, 3.63) is 30.1 Å². The molecule has 0 saturated carbocycles. The standard InChI is InChI=1S/C13H19N3O/c1-10(14)11-5-4-8-16(9-11)13(17)12-6-2-3-7-15-12/h2-3,6-7,10-11H,4-5,8-9,14H2,1H3. The molecule has 92 valence electrons. The first-order chi connectivity index (χ1) is 8.18. The van der Waals surface area contributed by atoms with E-state index in [1.807, 2.05) is 24.0 Å². The van der Waals surface area contributed by atoms with Crippen molar-refractivity contribution in [2.45, 2.75) is 25.8 Å². The van der Waals surface area contributed by atoms with E-state index in [1.165, 1.54) is 0 Å². The first-order valence-corrected chi connectivity index (χ1v) is 6.14. The van der Waals surface area contributed by atoms with Gasteiger partial charge in [-0.3, -0.25) is 9.78 Å². The molecule has 1 aliphatic rings. The zero-order valence-electron chi connectivity index (χ0n) is 10.2. The number of nitrogens with zero attached hydrogens (tertiary/aromatic N) is 2. The molecule has 1 fully saturated rings. The summed E-state index contributed by atoms with van der Waals surface area (Å²) in [4.78, 5) is 18.2. The van der Waals surface area contributed by atoms with E-state index < -0.39 is 0 Å². The lowest BCUT2D eigenvalue weighted by molar-refractivity contribution is 0.0655. The molecule has 1 amide bonds. The maximum Gasteiger partial charge on any atom is 0.272 e. The van der Waals surface area contributed by atoms with E-state index in [9.17, 15) is 4.79 Å². The monoisotopic (exact) mass is 233 g/mol. The largest absolute Gasteiger partial charge is 0.337 e. The van der Waals surface area contributed by atoms with Crippen molar-refractivity contribution in [2.75, 3.05) is 13.1 Å². The van der Waals surface area contributed by atoms with Gasteiger partial charge in [-0.2, -0.15) is 0 Å². The van der Waals surface area contributed by atoms with E-state index in [1.54, 1.807) is 12.3 Å². The second-order valence-electron chi connectivity index (χ2n) is 4.73. The average molecular weight is 233 g/mol. The van der Waals surface area contributed by atoms with Crippen molar-refractivity contribution in [2.24, 2.45) is 11.7 Å². The Morgan fingerprint density at radius 2 is 2.41 bits per heavy atom. The van der Waals surface area contributed by atoms with Crippen LogP contribution in [0.4, 0.5) is 0 Å². The molecule has 1 aliphatic heterocycles. The highest BCUT2D eigenvalue weighted by molar-refractivity contribution is 5.92. The van der Waals surface area contributed by atoms with Crippen LogP contribution in [0.5, 0.6) is 0 Å². The molecule has 4 nitrogen and oxygen atoms in total. The van der Waals surface area contributed by atoms with Crippen LogP contribution in [-0.4, -0.2) is 34.9 Å². The van der Waals surface area contributed by atoms with E-state index in [-0.39, 0.29) is 11.9 Å². The van der Waals surface area contributed by atoms with Gasteiger partial charge in [0.2, 0.25) is 0 Å². The van der Waals surface area contributed by atoms with Crippen LogP contribution in [0, 0.1) is 5.92 Å². The molecular weight excluding hydrogens is 214 g/mol. The number of likely N-dealkylation sites (tertiary alicyclic amines) is 1. The van der Waals surface area contributed by atoms with Gasteiger partial charge in [-0.25, -0.2) is 0 Å². The van der Waals surface area contributed by atoms with Crippen molar-refractivity contribution in [1.29, 1.82) is 0 Å². The van der Waals surface area contributed by atoms with Gasteiger partial charge < -0.3 is 10.6 Å². The van der Waals surface area contributed by atoms with Crippen molar-refractivity contribution in [3.63, 3.8) is 0 Å². The Hall–Kier alpha value is -1.42. The maximum absolute atomic E-state index is 12.2. The Morgan fingerprint density at radius 3 is 3.06 bits per heavy atom. The Bertz CT molecular complexity index is 378. The third kappa shape index (κ3) is 2.82. The summed E-state index contributed by atoms with van der Waals surface area (Å²) in [7, 11) is 0. The topological polar surface area (TPSA) is 59.2 Å². The number of carbonyl (C=O) groups is 1. The molecule has 2 heterocycles. The predicted molar refractivity (Wildman–Crippen MR) is 66.5 cm³/mol.